The minimum Gasteiger partial charge on any atom is -0.385 e. The smallest absolute Gasteiger partial charge is 0.0884 e. The van der Waals surface area contributed by atoms with E-state index in [0.29, 0.717) is 0 Å². The first-order valence-corrected chi connectivity index (χ1v) is 5.01. The number of aryl methyl sites for hydroxylation is 2. The van der Waals surface area contributed by atoms with E-state index in [-0.39, 0.29) is 0 Å². The molecule has 0 bridgehead atoms. The Morgan fingerprint density at radius 3 is 2.80 bits per heavy atom. The van der Waals surface area contributed by atoms with Crippen LogP contribution in [-0.2, 0) is 0 Å². The van der Waals surface area contributed by atoms with Crippen LogP contribution in [-0.4, -0.2) is 17.2 Å². The quantitative estimate of drug-likeness (QED) is 0.784. The molecule has 2 N–H and O–H groups in total. The highest BCUT2D eigenvalue weighted by Gasteiger charge is 2.08. The summed E-state index contributed by atoms with van der Waals surface area (Å²) in [6.45, 7) is 4.20. The van der Waals surface area contributed by atoms with E-state index in [2.05, 4.69) is 47.6 Å². The summed E-state index contributed by atoms with van der Waals surface area (Å²) in [5.41, 5.74) is 5.80. The molecule has 0 spiro atoms. The molecule has 15 heavy (non-hydrogen) atoms. The maximum atomic E-state index is 4.05. The van der Waals surface area contributed by atoms with Crippen molar-refractivity contribution in [2.75, 3.05) is 12.4 Å². The Hall–Kier alpha value is -1.77. The number of hydrogen-bond donors (Lipinski definition) is 2. The first kappa shape index (κ1) is 9.77. The molecular formula is C12H15N3. The fourth-order valence-electron chi connectivity index (χ4n) is 1.69. The number of H-pyrrole nitrogens is 1. The molecule has 0 aliphatic heterocycles. The molecule has 3 heteroatoms. The third-order valence-corrected chi connectivity index (χ3v) is 2.57. The molecule has 0 radical (unpaired) electrons. The highest BCUT2D eigenvalue weighted by molar-refractivity contribution is 5.76. The first-order valence-electron chi connectivity index (χ1n) is 5.01. The van der Waals surface area contributed by atoms with Gasteiger partial charge in [-0.1, -0.05) is 17.7 Å². The van der Waals surface area contributed by atoms with Crippen molar-refractivity contribution in [3.8, 4) is 11.3 Å². The molecule has 0 fully saturated rings. The van der Waals surface area contributed by atoms with Crippen LogP contribution >= 0.6 is 0 Å². The van der Waals surface area contributed by atoms with E-state index in [1.807, 2.05) is 7.05 Å². The van der Waals surface area contributed by atoms with Crippen molar-refractivity contribution < 1.29 is 0 Å². The molecule has 0 saturated heterocycles. The number of rotatable bonds is 2. The topological polar surface area (TPSA) is 40.7 Å². The van der Waals surface area contributed by atoms with Gasteiger partial charge in [-0.15, -0.1) is 0 Å². The summed E-state index contributed by atoms with van der Waals surface area (Å²) in [5, 5.41) is 10.2. The second kappa shape index (κ2) is 3.77. The van der Waals surface area contributed by atoms with Gasteiger partial charge < -0.3 is 5.32 Å². The molecule has 0 aliphatic rings. The van der Waals surface area contributed by atoms with Crippen molar-refractivity contribution in [1.82, 2.24) is 10.2 Å². The number of anilines is 1. The number of nitrogens with one attached hydrogen (secondary N) is 2. The Morgan fingerprint density at radius 1 is 1.27 bits per heavy atom. The zero-order chi connectivity index (χ0) is 10.8. The van der Waals surface area contributed by atoms with Gasteiger partial charge in [-0.2, -0.15) is 5.10 Å². The van der Waals surface area contributed by atoms with Crippen LogP contribution < -0.4 is 5.32 Å². The molecule has 2 rings (SSSR count). The average Bonchev–Trinajstić information content (AvgIpc) is 2.69. The fourth-order valence-corrected chi connectivity index (χ4v) is 1.69. The van der Waals surface area contributed by atoms with Crippen LogP contribution in [0.15, 0.2) is 24.4 Å². The lowest BCUT2D eigenvalue weighted by Crippen LogP contribution is -1.91. The zero-order valence-corrected chi connectivity index (χ0v) is 9.26. The molecule has 0 saturated carbocycles. The number of nitrogens with zero attached hydrogens (tertiary/aromatic N) is 1. The van der Waals surface area contributed by atoms with Gasteiger partial charge >= 0.3 is 0 Å². The monoisotopic (exact) mass is 201 g/mol. The summed E-state index contributed by atoms with van der Waals surface area (Å²) in [6, 6.07) is 6.42. The van der Waals surface area contributed by atoms with Crippen LogP contribution in [0.1, 0.15) is 11.1 Å². The third-order valence-electron chi connectivity index (χ3n) is 2.57. The lowest BCUT2D eigenvalue weighted by atomic mass is 10.0. The second-order valence-electron chi connectivity index (χ2n) is 3.73. The normalized spacial score (nSPS) is 10.3. The summed E-state index contributed by atoms with van der Waals surface area (Å²) < 4.78 is 0. The van der Waals surface area contributed by atoms with Crippen LogP contribution in [0.5, 0.6) is 0 Å². The molecule has 1 aromatic carbocycles. The fraction of sp³-hybridized carbons (Fsp3) is 0.250. The van der Waals surface area contributed by atoms with E-state index < -0.39 is 0 Å². The minimum absolute atomic E-state index is 1.03. The van der Waals surface area contributed by atoms with Crippen molar-refractivity contribution in [1.29, 1.82) is 0 Å². The molecule has 78 valence electrons. The van der Waals surface area contributed by atoms with Gasteiger partial charge in [0, 0.05) is 12.6 Å². The van der Waals surface area contributed by atoms with E-state index in [1.54, 1.807) is 6.20 Å². The molecule has 1 aromatic heterocycles. The summed E-state index contributed by atoms with van der Waals surface area (Å²) in [7, 11) is 1.90. The number of aromatic amines is 1. The van der Waals surface area contributed by atoms with Crippen molar-refractivity contribution in [2.45, 2.75) is 13.8 Å². The predicted molar refractivity (Wildman–Crippen MR) is 63.0 cm³/mol. The van der Waals surface area contributed by atoms with E-state index in [4.69, 9.17) is 0 Å². The standard InChI is InChI=1S/C12H15N3/c1-8-4-5-9(2)10(6-8)12-11(13-3)7-14-15-12/h4-7,13H,1-3H3,(H,14,15). The van der Waals surface area contributed by atoms with Gasteiger partial charge in [-0.25, -0.2) is 0 Å². The maximum absolute atomic E-state index is 4.05. The number of benzene rings is 1. The Kier molecular flexibility index (Phi) is 2.46. The van der Waals surface area contributed by atoms with Gasteiger partial charge in [0.05, 0.1) is 17.6 Å². The van der Waals surface area contributed by atoms with Crippen LogP contribution in [0.2, 0.25) is 0 Å². The van der Waals surface area contributed by atoms with Gasteiger partial charge in [0.2, 0.25) is 0 Å². The number of aromatic nitrogens is 2. The summed E-state index contributed by atoms with van der Waals surface area (Å²) in [4.78, 5) is 0. The van der Waals surface area contributed by atoms with Gasteiger partial charge in [0.15, 0.2) is 0 Å². The highest BCUT2D eigenvalue weighted by atomic mass is 15.1. The molecule has 0 amide bonds. The van der Waals surface area contributed by atoms with E-state index in [1.165, 1.54) is 16.7 Å². The average molecular weight is 201 g/mol. The largest absolute Gasteiger partial charge is 0.385 e. The van der Waals surface area contributed by atoms with E-state index in [0.717, 1.165) is 11.4 Å². The Balaban J connectivity index is 2.58. The Labute approximate surface area is 89.5 Å². The molecule has 0 aliphatic carbocycles. The van der Waals surface area contributed by atoms with Gasteiger partial charge in [0.25, 0.3) is 0 Å². The van der Waals surface area contributed by atoms with Crippen LogP contribution in [0, 0.1) is 13.8 Å². The Bertz CT molecular complexity index is 471. The van der Waals surface area contributed by atoms with Gasteiger partial charge in [-0.3, -0.25) is 5.10 Å². The summed E-state index contributed by atoms with van der Waals surface area (Å²) >= 11 is 0. The molecule has 2 aromatic rings. The van der Waals surface area contributed by atoms with Crippen LogP contribution in [0.25, 0.3) is 11.3 Å². The zero-order valence-electron chi connectivity index (χ0n) is 9.26. The molecule has 1 heterocycles. The van der Waals surface area contributed by atoms with E-state index >= 15 is 0 Å². The van der Waals surface area contributed by atoms with Gasteiger partial charge in [0.1, 0.15) is 0 Å². The molecule has 0 unspecified atom stereocenters. The maximum Gasteiger partial charge on any atom is 0.0884 e. The molecule has 3 nitrogen and oxygen atoms in total. The summed E-state index contributed by atoms with van der Waals surface area (Å²) in [6.07, 6.45) is 1.80. The second-order valence-corrected chi connectivity index (χ2v) is 3.73. The van der Waals surface area contributed by atoms with Crippen molar-refractivity contribution in [2.24, 2.45) is 0 Å². The number of hydrogen-bond acceptors (Lipinski definition) is 2. The highest BCUT2D eigenvalue weighted by Crippen LogP contribution is 2.28. The predicted octanol–water partition coefficient (Wildman–Crippen LogP) is 2.74. The third kappa shape index (κ3) is 1.73. The van der Waals surface area contributed by atoms with Crippen LogP contribution in [0.3, 0.4) is 0 Å². The molecular weight excluding hydrogens is 186 g/mol. The van der Waals surface area contributed by atoms with Crippen molar-refractivity contribution in [3.63, 3.8) is 0 Å². The van der Waals surface area contributed by atoms with Crippen molar-refractivity contribution >= 4 is 5.69 Å². The lowest BCUT2D eigenvalue weighted by Gasteiger charge is -2.07. The molecule has 0 atom stereocenters. The Morgan fingerprint density at radius 2 is 2.07 bits per heavy atom. The SMILES string of the molecule is CNc1cn[nH]c1-c1cc(C)ccc1C. The van der Waals surface area contributed by atoms with E-state index in [9.17, 15) is 0 Å². The minimum atomic E-state index is 1.03. The van der Waals surface area contributed by atoms with Crippen molar-refractivity contribution in [3.05, 3.63) is 35.5 Å². The lowest BCUT2D eigenvalue weighted by molar-refractivity contribution is 1.09. The first-order chi connectivity index (χ1) is 7.22. The van der Waals surface area contributed by atoms with Crippen LogP contribution in [0.4, 0.5) is 5.69 Å². The summed E-state index contributed by atoms with van der Waals surface area (Å²) in [5.74, 6) is 0. The van der Waals surface area contributed by atoms with Gasteiger partial charge in [-0.05, 0) is 25.5 Å².